The lowest BCUT2D eigenvalue weighted by Crippen LogP contribution is -2.20. The van der Waals surface area contributed by atoms with Crippen molar-refractivity contribution < 1.29 is 14.3 Å². The van der Waals surface area contributed by atoms with E-state index < -0.39 is 0 Å². The Morgan fingerprint density at radius 3 is 2.33 bits per heavy atom. The van der Waals surface area contributed by atoms with Crippen LogP contribution in [0.2, 0.25) is 0 Å². The second kappa shape index (κ2) is 9.19. The van der Waals surface area contributed by atoms with E-state index in [1.54, 1.807) is 0 Å². The molecule has 0 bridgehead atoms. The average molecular weight is 382 g/mol. The largest absolute Gasteiger partial charge is 0.494 e. The minimum atomic E-state index is -0.234. The van der Waals surface area contributed by atoms with E-state index in [0.29, 0.717) is 17.5 Å². The molecule has 27 heavy (non-hydrogen) atoms. The first kappa shape index (κ1) is 18.9. The highest BCUT2D eigenvalue weighted by molar-refractivity contribution is 7.14. The van der Waals surface area contributed by atoms with E-state index in [-0.39, 0.29) is 12.5 Å². The summed E-state index contributed by atoms with van der Waals surface area (Å²) in [4.78, 5) is 16.5. The van der Waals surface area contributed by atoms with Gasteiger partial charge in [-0.25, -0.2) is 4.98 Å². The van der Waals surface area contributed by atoms with Gasteiger partial charge in [0.05, 0.1) is 12.3 Å². The lowest BCUT2D eigenvalue weighted by molar-refractivity contribution is -0.118. The third-order valence-electron chi connectivity index (χ3n) is 3.91. The molecule has 6 heteroatoms. The van der Waals surface area contributed by atoms with Crippen LogP contribution >= 0.6 is 11.3 Å². The molecule has 0 radical (unpaired) electrons. The highest BCUT2D eigenvalue weighted by Gasteiger charge is 2.09. The molecule has 140 valence electrons. The summed E-state index contributed by atoms with van der Waals surface area (Å²) in [6.07, 6.45) is 0.974. The third kappa shape index (κ3) is 5.31. The van der Waals surface area contributed by atoms with Crippen LogP contribution in [0.1, 0.15) is 19.4 Å². The lowest BCUT2D eigenvalue weighted by Gasteiger charge is -2.06. The molecule has 0 spiro atoms. The molecule has 0 aliphatic carbocycles. The first-order valence-electron chi connectivity index (χ1n) is 8.88. The van der Waals surface area contributed by atoms with Crippen LogP contribution in [-0.2, 0) is 11.2 Å². The molecule has 0 aliphatic heterocycles. The summed E-state index contributed by atoms with van der Waals surface area (Å²) in [5.74, 6) is 1.27. The summed E-state index contributed by atoms with van der Waals surface area (Å²) in [6, 6.07) is 15.5. The highest BCUT2D eigenvalue weighted by atomic mass is 32.1. The van der Waals surface area contributed by atoms with Gasteiger partial charge < -0.3 is 9.47 Å². The van der Waals surface area contributed by atoms with Gasteiger partial charge in [-0.15, -0.1) is 11.3 Å². The van der Waals surface area contributed by atoms with Crippen LogP contribution in [0, 0.1) is 0 Å². The average Bonchev–Trinajstić information content (AvgIpc) is 3.16. The molecule has 1 aromatic heterocycles. The Morgan fingerprint density at radius 2 is 1.67 bits per heavy atom. The number of carbonyl (C=O) groups is 1. The van der Waals surface area contributed by atoms with Crippen molar-refractivity contribution in [1.82, 2.24) is 4.98 Å². The van der Waals surface area contributed by atoms with E-state index >= 15 is 0 Å². The Balaban J connectivity index is 1.54. The van der Waals surface area contributed by atoms with Gasteiger partial charge in [-0.3, -0.25) is 10.1 Å². The fraction of sp³-hybridized carbons (Fsp3) is 0.238. The van der Waals surface area contributed by atoms with Gasteiger partial charge in [-0.2, -0.15) is 0 Å². The number of nitrogens with one attached hydrogen (secondary N) is 1. The number of rotatable bonds is 8. The van der Waals surface area contributed by atoms with Gasteiger partial charge in [0.1, 0.15) is 11.5 Å². The van der Waals surface area contributed by atoms with Gasteiger partial charge in [-0.1, -0.05) is 19.1 Å². The van der Waals surface area contributed by atoms with Crippen LogP contribution in [0.4, 0.5) is 5.13 Å². The zero-order chi connectivity index (χ0) is 19.1. The summed E-state index contributed by atoms with van der Waals surface area (Å²) >= 11 is 1.38. The number of anilines is 1. The van der Waals surface area contributed by atoms with E-state index in [2.05, 4.69) is 17.2 Å². The van der Waals surface area contributed by atoms with Crippen molar-refractivity contribution in [3.63, 3.8) is 0 Å². The summed E-state index contributed by atoms with van der Waals surface area (Å²) in [6.45, 7) is 4.63. The predicted octanol–water partition coefficient (Wildman–Crippen LogP) is 4.79. The molecule has 5 nitrogen and oxygen atoms in total. The normalized spacial score (nSPS) is 10.4. The predicted molar refractivity (Wildman–Crippen MR) is 109 cm³/mol. The van der Waals surface area contributed by atoms with Gasteiger partial charge in [0, 0.05) is 10.9 Å². The van der Waals surface area contributed by atoms with E-state index in [1.807, 2.05) is 60.8 Å². The molecule has 1 N–H and O–H groups in total. The minimum absolute atomic E-state index is 0.0521. The number of aromatic nitrogens is 1. The van der Waals surface area contributed by atoms with Crippen LogP contribution in [0.5, 0.6) is 11.5 Å². The molecule has 0 unspecified atom stereocenters. The summed E-state index contributed by atoms with van der Waals surface area (Å²) in [5, 5.41) is 5.24. The van der Waals surface area contributed by atoms with Crippen LogP contribution in [0.3, 0.4) is 0 Å². The maximum atomic E-state index is 12.1. The van der Waals surface area contributed by atoms with Crippen molar-refractivity contribution >= 4 is 22.4 Å². The van der Waals surface area contributed by atoms with Gasteiger partial charge in [-0.05, 0) is 55.3 Å². The lowest BCUT2D eigenvalue weighted by atomic mass is 10.2. The number of aryl methyl sites for hydroxylation is 1. The quantitative estimate of drug-likeness (QED) is 0.609. The molecular formula is C21H22N2O3S. The van der Waals surface area contributed by atoms with Crippen LogP contribution in [0.25, 0.3) is 11.3 Å². The molecule has 0 saturated heterocycles. The fourth-order valence-corrected chi connectivity index (χ4v) is 3.21. The van der Waals surface area contributed by atoms with Gasteiger partial charge in [0.15, 0.2) is 11.7 Å². The zero-order valence-corrected chi connectivity index (χ0v) is 16.2. The van der Waals surface area contributed by atoms with Gasteiger partial charge >= 0.3 is 0 Å². The van der Waals surface area contributed by atoms with Crippen molar-refractivity contribution in [3.8, 4) is 22.8 Å². The topological polar surface area (TPSA) is 60.5 Å². The van der Waals surface area contributed by atoms with Crippen molar-refractivity contribution in [2.75, 3.05) is 18.5 Å². The van der Waals surface area contributed by atoms with Gasteiger partial charge in [0.25, 0.3) is 5.91 Å². The molecule has 0 atom stereocenters. The number of hydrogen-bond acceptors (Lipinski definition) is 5. The molecule has 1 amide bonds. The Hall–Kier alpha value is -2.86. The summed E-state index contributed by atoms with van der Waals surface area (Å²) in [7, 11) is 0. The third-order valence-corrected chi connectivity index (χ3v) is 4.67. The maximum absolute atomic E-state index is 12.1. The molecule has 0 fully saturated rings. The number of nitrogens with zero attached hydrogens (tertiary/aromatic N) is 1. The van der Waals surface area contributed by atoms with Gasteiger partial charge in [0.2, 0.25) is 0 Å². The highest BCUT2D eigenvalue weighted by Crippen LogP contribution is 2.26. The molecular weight excluding hydrogens is 360 g/mol. The van der Waals surface area contributed by atoms with Crippen molar-refractivity contribution in [2.24, 2.45) is 0 Å². The van der Waals surface area contributed by atoms with E-state index in [4.69, 9.17) is 9.47 Å². The van der Waals surface area contributed by atoms with Crippen molar-refractivity contribution in [3.05, 3.63) is 59.5 Å². The van der Waals surface area contributed by atoms with E-state index in [9.17, 15) is 4.79 Å². The molecule has 0 aliphatic rings. The molecule has 3 rings (SSSR count). The standard InChI is InChI=1S/C21H22N2O3S/c1-3-15-5-9-18(10-6-15)26-13-20(24)23-21-22-19(14-27-21)16-7-11-17(12-8-16)25-4-2/h5-12,14H,3-4,13H2,1-2H3,(H,22,23,24). The number of carbonyl (C=O) groups excluding carboxylic acids is 1. The SMILES string of the molecule is CCOc1ccc(-c2csc(NC(=O)COc3ccc(CC)cc3)n2)cc1. The summed E-state index contributed by atoms with van der Waals surface area (Å²) < 4.78 is 11.0. The molecule has 2 aromatic carbocycles. The number of amides is 1. The van der Waals surface area contributed by atoms with Crippen molar-refractivity contribution in [2.45, 2.75) is 20.3 Å². The van der Waals surface area contributed by atoms with Crippen LogP contribution in [0.15, 0.2) is 53.9 Å². The van der Waals surface area contributed by atoms with E-state index in [1.165, 1.54) is 16.9 Å². The first-order chi connectivity index (χ1) is 13.2. The second-order valence-electron chi connectivity index (χ2n) is 5.83. The number of thiazole rings is 1. The Labute approximate surface area is 163 Å². The fourth-order valence-electron chi connectivity index (χ4n) is 2.48. The van der Waals surface area contributed by atoms with Crippen LogP contribution in [-0.4, -0.2) is 24.1 Å². The zero-order valence-electron chi connectivity index (χ0n) is 15.4. The number of hydrogen-bond donors (Lipinski definition) is 1. The number of benzene rings is 2. The Kier molecular flexibility index (Phi) is 6.44. The Morgan fingerprint density at radius 1 is 1.00 bits per heavy atom. The first-order valence-corrected chi connectivity index (χ1v) is 9.76. The minimum Gasteiger partial charge on any atom is -0.494 e. The Bertz CT molecular complexity index is 873. The number of ether oxygens (including phenoxy) is 2. The van der Waals surface area contributed by atoms with Crippen LogP contribution < -0.4 is 14.8 Å². The second-order valence-corrected chi connectivity index (χ2v) is 6.69. The molecule has 1 heterocycles. The smallest absolute Gasteiger partial charge is 0.264 e. The molecule has 3 aromatic rings. The van der Waals surface area contributed by atoms with Crippen molar-refractivity contribution in [1.29, 1.82) is 0 Å². The summed E-state index contributed by atoms with van der Waals surface area (Å²) in [5.41, 5.74) is 3.02. The maximum Gasteiger partial charge on any atom is 0.264 e. The van der Waals surface area contributed by atoms with E-state index in [0.717, 1.165) is 23.4 Å². The monoisotopic (exact) mass is 382 g/mol. The molecule has 0 saturated carbocycles.